The van der Waals surface area contributed by atoms with E-state index in [4.69, 9.17) is 0 Å². The minimum absolute atomic E-state index is 0.343. The topological polar surface area (TPSA) is 86.1 Å². The number of nitrogens with one attached hydrogen (secondary N) is 1. The Hall–Kier alpha value is -3.08. The van der Waals surface area contributed by atoms with Crippen LogP contribution in [-0.4, -0.2) is 33.5 Å². The molecule has 0 aliphatic rings. The van der Waals surface area contributed by atoms with Crippen LogP contribution in [0.2, 0.25) is 0 Å². The SMILES string of the molecule is CSc1cccc2nnn(CC(=O)N[C@@H](C)c3ccc(OC(F)(F)F)cc3)c(=O)c12. The van der Waals surface area contributed by atoms with Gasteiger partial charge in [0.2, 0.25) is 5.91 Å². The first kappa shape index (κ1) is 21.6. The molecule has 0 aliphatic carbocycles. The number of aromatic nitrogens is 3. The normalized spacial score (nSPS) is 12.6. The number of hydrogen-bond donors (Lipinski definition) is 1. The van der Waals surface area contributed by atoms with Gasteiger partial charge in [0.25, 0.3) is 5.56 Å². The van der Waals surface area contributed by atoms with Crippen LogP contribution in [0.1, 0.15) is 18.5 Å². The Labute approximate surface area is 173 Å². The van der Waals surface area contributed by atoms with Gasteiger partial charge in [0.15, 0.2) is 0 Å². The van der Waals surface area contributed by atoms with Crippen LogP contribution in [0.4, 0.5) is 13.2 Å². The van der Waals surface area contributed by atoms with E-state index in [9.17, 15) is 22.8 Å². The highest BCUT2D eigenvalue weighted by Crippen LogP contribution is 2.24. The van der Waals surface area contributed by atoms with Crippen molar-refractivity contribution in [2.75, 3.05) is 6.26 Å². The summed E-state index contributed by atoms with van der Waals surface area (Å²) < 4.78 is 41.5. The number of halogens is 3. The molecule has 158 valence electrons. The molecular weight excluding hydrogens is 421 g/mol. The molecular formula is C19H17F3N4O3S. The number of thioether (sulfide) groups is 1. The van der Waals surface area contributed by atoms with Crippen molar-refractivity contribution in [3.63, 3.8) is 0 Å². The van der Waals surface area contributed by atoms with Crippen molar-refractivity contribution in [1.29, 1.82) is 0 Å². The van der Waals surface area contributed by atoms with Gasteiger partial charge in [0, 0.05) is 4.90 Å². The lowest BCUT2D eigenvalue weighted by molar-refractivity contribution is -0.274. The van der Waals surface area contributed by atoms with Crippen molar-refractivity contribution in [3.8, 4) is 5.75 Å². The van der Waals surface area contributed by atoms with Gasteiger partial charge >= 0.3 is 6.36 Å². The summed E-state index contributed by atoms with van der Waals surface area (Å²) in [6.45, 7) is 1.32. The number of carbonyl (C=O) groups excluding carboxylic acids is 1. The monoisotopic (exact) mass is 438 g/mol. The number of amides is 1. The van der Waals surface area contributed by atoms with Gasteiger partial charge in [0.1, 0.15) is 17.8 Å². The summed E-state index contributed by atoms with van der Waals surface area (Å²) in [5, 5.41) is 10.9. The molecule has 1 heterocycles. The van der Waals surface area contributed by atoms with E-state index in [1.165, 1.54) is 23.9 Å². The lowest BCUT2D eigenvalue weighted by Gasteiger charge is -2.15. The summed E-state index contributed by atoms with van der Waals surface area (Å²) >= 11 is 1.39. The summed E-state index contributed by atoms with van der Waals surface area (Å²) in [5.74, 6) is -0.845. The third kappa shape index (κ3) is 5.09. The first-order valence-electron chi connectivity index (χ1n) is 8.73. The van der Waals surface area contributed by atoms with E-state index in [1.54, 1.807) is 25.1 Å². The first-order valence-corrected chi connectivity index (χ1v) is 9.96. The number of hydrogen-bond acceptors (Lipinski definition) is 6. The third-order valence-electron chi connectivity index (χ3n) is 4.22. The van der Waals surface area contributed by atoms with Crippen LogP contribution in [0, 0.1) is 0 Å². The summed E-state index contributed by atoms with van der Waals surface area (Å²) in [6.07, 6.45) is -2.94. The molecule has 7 nitrogen and oxygen atoms in total. The smallest absolute Gasteiger partial charge is 0.406 e. The average molecular weight is 438 g/mol. The fraction of sp³-hybridized carbons (Fsp3) is 0.263. The van der Waals surface area contributed by atoms with E-state index in [-0.39, 0.29) is 12.3 Å². The molecule has 3 rings (SSSR count). The fourth-order valence-corrected chi connectivity index (χ4v) is 3.44. The maximum Gasteiger partial charge on any atom is 0.573 e. The van der Waals surface area contributed by atoms with E-state index in [0.717, 1.165) is 21.7 Å². The van der Waals surface area contributed by atoms with Crippen LogP contribution in [0.25, 0.3) is 10.9 Å². The lowest BCUT2D eigenvalue weighted by atomic mass is 10.1. The van der Waals surface area contributed by atoms with Crippen molar-refractivity contribution >= 4 is 28.6 Å². The lowest BCUT2D eigenvalue weighted by Crippen LogP contribution is -2.35. The van der Waals surface area contributed by atoms with Crippen LogP contribution < -0.4 is 15.6 Å². The predicted molar refractivity (Wildman–Crippen MR) is 105 cm³/mol. The van der Waals surface area contributed by atoms with Gasteiger partial charge in [-0.1, -0.05) is 23.4 Å². The number of rotatable bonds is 6. The number of ether oxygens (including phenoxy) is 1. The van der Waals surface area contributed by atoms with E-state index in [0.29, 0.717) is 16.5 Å². The van der Waals surface area contributed by atoms with Crippen LogP contribution in [0.5, 0.6) is 5.75 Å². The van der Waals surface area contributed by atoms with Gasteiger partial charge < -0.3 is 10.1 Å². The number of benzene rings is 2. The van der Waals surface area contributed by atoms with Crippen molar-refractivity contribution in [2.24, 2.45) is 0 Å². The summed E-state index contributed by atoms with van der Waals surface area (Å²) in [5.41, 5.74) is 0.582. The van der Waals surface area contributed by atoms with Crippen LogP contribution in [0.3, 0.4) is 0 Å². The van der Waals surface area contributed by atoms with Crippen molar-refractivity contribution in [1.82, 2.24) is 20.3 Å². The number of alkyl halides is 3. The molecule has 1 aromatic heterocycles. The maximum absolute atomic E-state index is 12.7. The molecule has 0 spiro atoms. The molecule has 0 bridgehead atoms. The second kappa shape index (κ2) is 8.74. The van der Waals surface area contributed by atoms with E-state index >= 15 is 0 Å². The Bertz CT molecular complexity index is 1120. The van der Waals surface area contributed by atoms with E-state index in [2.05, 4.69) is 20.4 Å². The van der Waals surface area contributed by atoms with Crippen LogP contribution in [-0.2, 0) is 11.3 Å². The molecule has 0 saturated heterocycles. The molecule has 30 heavy (non-hydrogen) atoms. The van der Waals surface area contributed by atoms with Crippen molar-refractivity contribution < 1.29 is 22.7 Å². The minimum atomic E-state index is -4.77. The molecule has 0 unspecified atom stereocenters. The second-order valence-corrected chi connectivity index (χ2v) is 7.16. The zero-order valence-electron chi connectivity index (χ0n) is 15.9. The molecule has 11 heteroatoms. The standard InChI is InChI=1S/C19H17F3N4O3S/c1-11(12-6-8-13(9-7-12)29-19(20,21)22)23-16(27)10-26-18(28)17-14(24-25-26)4-3-5-15(17)30-2/h3-9,11H,10H2,1-2H3,(H,23,27)/t11-/m0/s1. The highest BCUT2D eigenvalue weighted by Gasteiger charge is 2.31. The van der Waals surface area contributed by atoms with Gasteiger partial charge in [-0.25, -0.2) is 4.68 Å². The molecule has 0 fully saturated rings. The second-order valence-electron chi connectivity index (χ2n) is 6.31. The summed E-state index contributed by atoms with van der Waals surface area (Å²) in [4.78, 5) is 25.8. The first-order chi connectivity index (χ1) is 14.2. The number of carbonyl (C=O) groups is 1. The molecule has 2 aromatic carbocycles. The zero-order valence-corrected chi connectivity index (χ0v) is 16.8. The Morgan fingerprint density at radius 3 is 2.57 bits per heavy atom. The molecule has 3 aromatic rings. The van der Waals surface area contributed by atoms with Crippen molar-refractivity contribution in [2.45, 2.75) is 30.8 Å². The molecule has 0 saturated carbocycles. The molecule has 1 atom stereocenters. The van der Waals surface area contributed by atoms with Gasteiger partial charge in [-0.2, -0.15) is 0 Å². The maximum atomic E-state index is 12.7. The number of nitrogens with zero attached hydrogens (tertiary/aromatic N) is 3. The van der Waals surface area contributed by atoms with Crippen LogP contribution >= 0.6 is 11.8 Å². The average Bonchev–Trinajstić information content (AvgIpc) is 2.69. The molecule has 1 amide bonds. The Kier molecular flexibility index (Phi) is 6.30. The van der Waals surface area contributed by atoms with Crippen LogP contribution in [0.15, 0.2) is 52.2 Å². The largest absolute Gasteiger partial charge is 0.573 e. The number of fused-ring (bicyclic) bond motifs is 1. The van der Waals surface area contributed by atoms with Gasteiger partial charge in [-0.3, -0.25) is 9.59 Å². The van der Waals surface area contributed by atoms with Gasteiger partial charge in [-0.15, -0.1) is 30.0 Å². The Balaban J connectivity index is 1.71. The Morgan fingerprint density at radius 1 is 1.23 bits per heavy atom. The molecule has 0 radical (unpaired) electrons. The Morgan fingerprint density at radius 2 is 1.93 bits per heavy atom. The quantitative estimate of drug-likeness (QED) is 0.595. The minimum Gasteiger partial charge on any atom is -0.406 e. The highest BCUT2D eigenvalue weighted by atomic mass is 32.2. The summed E-state index contributed by atoms with van der Waals surface area (Å²) in [7, 11) is 0. The van der Waals surface area contributed by atoms with Crippen molar-refractivity contribution in [3.05, 3.63) is 58.4 Å². The third-order valence-corrected chi connectivity index (χ3v) is 5.00. The zero-order chi connectivity index (χ0) is 21.9. The summed E-state index contributed by atoms with van der Waals surface area (Å²) in [6, 6.07) is 9.87. The van der Waals surface area contributed by atoms with E-state index in [1.807, 2.05) is 6.26 Å². The van der Waals surface area contributed by atoms with E-state index < -0.39 is 23.9 Å². The predicted octanol–water partition coefficient (Wildman–Crippen LogP) is 3.29. The fourth-order valence-electron chi connectivity index (χ4n) is 2.83. The molecule has 0 aliphatic heterocycles. The highest BCUT2D eigenvalue weighted by molar-refractivity contribution is 7.98. The van der Waals surface area contributed by atoms with Gasteiger partial charge in [0.05, 0.1) is 11.4 Å². The van der Waals surface area contributed by atoms with Gasteiger partial charge in [-0.05, 0) is 43.0 Å². The molecule has 1 N–H and O–H groups in total.